The van der Waals surface area contributed by atoms with Crippen molar-refractivity contribution >= 4 is 33.0 Å². The van der Waals surface area contributed by atoms with E-state index in [0.717, 1.165) is 29.1 Å². The fraction of sp³-hybridized carbons (Fsp3) is 0.304. The Morgan fingerprint density at radius 1 is 1.16 bits per heavy atom. The Balaban J connectivity index is 1.38. The van der Waals surface area contributed by atoms with Crippen molar-refractivity contribution < 1.29 is 17.9 Å². The van der Waals surface area contributed by atoms with Crippen molar-refractivity contribution in [1.82, 2.24) is 9.29 Å². The van der Waals surface area contributed by atoms with Crippen LogP contribution in [-0.2, 0) is 14.8 Å². The Morgan fingerprint density at radius 2 is 1.94 bits per heavy atom. The van der Waals surface area contributed by atoms with Crippen LogP contribution < -0.4 is 10.1 Å². The van der Waals surface area contributed by atoms with E-state index in [1.807, 2.05) is 36.6 Å². The number of ether oxygens (including phenoxy) is 1. The molecule has 9 heteroatoms. The van der Waals surface area contributed by atoms with E-state index in [4.69, 9.17) is 4.74 Å². The minimum atomic E-state index is -3.48. The number of amides is 1. The Labute approximate surface area is 192 Å². The van der Waals surface area contributed by atoms with E-state index in [1.165, 1.54) is 10.4 Å². The average Bonchev–Trinajstić information content (AvgIpc) is 3.45. The molecule has 1 aromatic heterocycles. The third-order valence-electron chi connectivity index (χ3n) is 5.27. The molecule has 0 atom stereocenters. The zero-order chi connectivity index (χ0) is 22.7. The third-order valence-corrected chi connectivity index (χ3v) is 7.94. The Hall–Kier alpha value is -2.75. The number of hydrogen-bond acceptors (Lipinski definition) is 6. The van der Waals surface area contributed by atoms with E-state index < -0.39 is 10.0 Å². The van der Waals surface area contributed by atoms with Crippen LogP contribution >= 0.6 is 11.3 Å². The first kappa shape index (κ1) is 22.4. The van der Waals surface area contributed by atoms with Crippen molar-refractivity contribution in [3.63, 3.8) is 0 Å². The van der Waals surface area contributed by atoms with Gasteiger partial charge in [0.2, 0.25) is 10.0 Å². The summed E-state index contributed by atoms with van der Waals surface area (Å²) < 4.78 is 32.6. The van der Waals surface area contributed by atoms with Gasteiger partial charge in [-0.1, -0.05) is 12.1 Å². The van der Waals surface area contributed by atoms with Crippen LogP contribution in [0.15, 0.2) is 52.7 Å². The van der Waals surface area contributed by atoms with Crippen LogP contribution in [-0.4, -0.2) is 43.3 Å². The quantitative estimate of drug-likeness (QED) is 0.557. The van der Waals surface area contributed by atoms with Crippen LogP contribution in [0.3, 0.4) is 0 Å². The lowest BCUT2D eigenvalue weighted by Crippen LogP contribution is -2.27. The van der Waals surface area contributed by atoms with Crippen molar-refractivity contribution in [2.45, 2.75) is 31.6 Å². The van der Waals surface area contributed by atoms with Crippen molar-refractivity contribution in [3.8, 4) is 17.0 Å². The number of nitrogens with one attached hydrogen (secondary N) is 1. The average molecular weight is 472 g/mol. The molecule has 0 spiro atoms. The van der Waals surface area contributed by atoms with Gasteiger partial charge in [0.1, 0.15) is 5.75 Å². The fourth-order valence-electron chi connectivity index (χ4n) is 3.61. The van der Waals surface area contributed by atoms with Gasteiger partial charge in [-0.3, -0.25) is 4.79 Å². The molecule has 7 nitrogen and oxygen atoms in total. The highest BCUT2D eigenvalue weighted by Crippen LogP contribution is 2.27. The van der Waals surface area contributed by atoms with Gasteiger partial charge in [-0.2, -0.15) is 4.31 Å². The van der Waals surface area contributed by atoms with Gasteiger partial charge in [-0.25, -0.2) is 13.4 Å². The second-order valence-electron chi connectivity index (χ2n) is 7.71. The van der Waals surface area contributed by atoms with Gasteiger partial charge in [-0.05, 0) is 62.6 Å². The lowest BCUT2D eigenvalue weighted by molar-refractivity contribution is -0.118. The Kier molecular flexibility index (Phi) is 6.59. The molecule has 1 amide bonds. The first-order valence-corrected chi connectivity index (χ1v) is 12.7. The number of rotatable bonds is 7. The summed E-state index contributed by atoms with van der Waals surface area (Å²) in [4.78, 5) is 17.1. The standard InChI is InChI=1S/C23H25N3O4S2/c1-16-12-20(32(28,29)26-10-3-4-11-26)8-9-22(16)30-14-23(27)25-19-7-5-6-18(13-19)21-15-31-17(2)24-21/h5-9,12-13,15H,3-4,10-11,14H2,1-2H3,(H,25,27). The number of anilines is 1. The van der Waals surface area contributed by atoms with E-state index in [1.54, 1.807) is 30.4 Å². The Morgan fingerprint density at radius 3 is 2.62 bits per heavy atom. The number of carbonyl (C=O) groups excluding carboxylic acids is 1. The van der Waals surface area contributed by atoms with Gasteiger partial charge >= 0.3 is 0 Å². The molecule has 0 bridgehead atoms. The number of thiazole rings is 1. The number of hydrogen-bond donors (Lipinski definition) is 1. The SMILES string of the molecule is Cc1nc(-c2cccc(NC(=O)COc3ccc(S(=O)(=O)N4CCCC4)cc3C)c2)cs1. The van der Waals surface area contributed by atoms with Crippen molar-refractivity contribution in [1.29, 1.82) is 0 Å². The number of aromatic nitrogens is 1. The molecule has 2 heterocycles. The number of nitrogens with zero attached hydrogens (tertiary/aromatic N) is 2. The van der Waals surface area contributed by atoms with E-state index >= 15 is 0 Å². The molecule has 168 valence electrons. The number of carbonyl (C=O) groups is 1. The predicted octanol–water partition coefficient (Wildman–Crippen LogP) is 4.23. The molecular formula is C23H25N3O4S2. The maximum Gasteiger partial charge on any atom is 0.262 e. The zero-order valence-corrected chi connectivity index (χ0v) is 19.6. The summed E-state index contributed by atoms with van der Waals surface area (Å²) in [5, 5.41) is 5.80. The summed E-state index contributed by atoms with van der Waals surface area (Å²) in [7, 11) is -3.48. The summed E-state index contributed by atoms with van der Waals surface area (Å²) >= 11 is 1.58. The molecule has 1 aliphatic rings. The molecule has 1 saturated heterocycles. The number of aryl methyl sites for hydroxylation is 2. The summed E-state index contributed by atoms with van der Waals surface area (Å²) in [6.45, 7) is 4.66. The second-order valence-corrected chi connectivity index (χ2v) is 10.7. The molecule has 0 radical (unpaired) electrons. The van der Waals surface area contributed by atoms with Gasteiger partial charge in [0.05, 0.1) is 15.6 Å². The van der Waals surface area contributed by atoms with E-state index in [2.05, 4.69) is 10.3 Å². The molecule has 32 heavy (non-hydrogen) atoms. The lowest BCUT2D eigenvalue weighted by atomic mass is 10.1. The number of benzene rings is 2. The van der Waals surface area contributed by atoms with Crippen molar-refractivity contribution in [2.24, 2.45) is 0 Å². The van der Waals surface area contributed by atoms with Crippen molar-refractivity contribution in [2.75, 3.05) is 25.0 Å². The summed E-state index contributed by atoms with van der Waals surface area (Å²) in [6, 6.07) is 12.2. The van der Waals surface area contributed by atoms with Crippen LogP contribution in [0.25, 0.3) is 11.3 Å². The van der Waals surface area contributed by atoms with Gasteiger partial charge in [0, 0.05) is 29.7 Å². The summed E-state index contributed by atoms with van der Waals surface area (Å²) in [6.07, 6.45) is 1.78. The second kappa shape index (κ2) is 9.40. The zero-order valence-electron chi connectivity index (χ0n) is 18.0. The third kappa shape index (κ3) is 5.01. The minimum absolute atomic E-state index is 0.181. The van der Waals surface area contributed by atoms with Crippen LogP contribution in [0.2, 0.25) is 0 Å². The lowest BCUT2D eigenvalue weighted by Gasteiger charge is -2.17. The van der Waals surface area contributed by atoms with Crippen LogP contribution in [0.5, 0.6) is 5.75 Å². The molecule has 2 aromatic carbocycles. The van der Waals surface area contributed by atoms with Gasteiger partial charge in [0.25, 0.3) is 5.91 Å². The van der Waals surface area contributed by atoms with Crippen molar-refractivity contribution in [3.05, 3.63) is 58.4 Å². The highest BCUT2D eigenvalue weighted by Gasteiger charge is 2.27. The summed E-state index contributed by atoms with van der Waals surface area (Å²) in [5.41, 5.74) is 3.13. The molecule has 1 N–H and O–H groups in total. The normalized spacial score (nSPS) is 14.4. The first-order valence-electron chi connectivity index (χ1n) is 10.4. The molecule has 1 fully saturated rings. The Bertz CT molecular complexity index is 1230. The molecule has 1 aliphatic heterocycles. The smallest absolute Gasteiger partial charge is 0.262 e. The minimum Gasteiger partial charge on any atom is -0.483 e. The maximum atomic E-state index is 12.7. The highest BCUT2D eigenvalue weighted by atomic mass is 32.2. The van der Waals surface area contributed by atoms with E-state index in [9.17, 15) is 13.2 Å². The molecule has 0 aliphatic carbocycles. The molecular weight excluding hydrogens is 446 g/mol. The monoisotopic (exact) mass is 471 g/mol. The maximum absolute atomic E-state index is 12.7. The molecule has 0 saturated carbocycles. The largest absolute Gasteiger partial charge is 0.483 e. The molecule has 0 unspecified atom stereocenters. The van der Waals surface area contributed by atoms with Crippen LogP contribution in [0.1, 0.15) is 23.4 Å². The highest BCUT2D eigenvalue weighted by molar-refractivity contribution is 7.89. The van der Waals surface area contributed by atoms with Crippen LogP contribution in [0, 0.1) is 13.8 Å². The fourth-order valence-corrected chi connectivity index (χ4v) is 5.84. The first-order chi connectivity index (χ1) is 15.3. The predicted molar refractivity (Wildman–Crippen MR) is 126 cm³/mol. The van der Waals surface area contributed by atoms with Gasteiger partial charge in [-0.15, -0.1) is 11.3 Å². The van der Waals surface area contributed by atoms with Gasteiger partial charge < -0.3 is 10.1 Å². The molecule has 3 aromatic rings. The topological polar surface area (TPSA) is 88.6 Å². The van der Waals surface area contributed by atoms with E-state index in [0.29, 0.717) is 30.1 Å². The number of sulfonamides is 1. The molecule has 4 rings (SSSR count). The van der Waals surface area contributed by atoms with Crippen LogP contribution in [0.4, 0.5) is 5.69 Å². The summed E-state index contributed by atoms with van der Waals surface area (Å²) in [5.74, 6) is 0.178. The van der Waals surface area contributed by atoms with E-state index in [-0.39, 0.29) is 17.4 Å². The van der Waals surface area contributed by atoms with Gasteiger partial charge in [0.15, 0.2) is 6.61 Å².